The first-order valence-corrected chi connectivity index (χ1v) is 7.67. The second kappa shape index (κ2) is 4.76. The standard InChI is InChI=1S/C14H15BrN2S/c1-10-17-7-13(18-10)6-14(8-16-9-14)11-3-2-4-12(15)5-11/h2-5,7,16H,6,8-9H2,1H3. The van der Waals surface area contributed by atoms with Gasteiger partial charge in [-0.1, -0.05) is 28.1 Å². The number of nitrogens with zero attached hydrogens (tertiary/aromatic N) is 1. The fraction of sp³-hybridized carbons (Fsp3) is 0.357. The molecule has 1 aromatic heterocycles. The predicted molar refractivity (Wildman–Crippen MR) is 79.2 cm³/mol. The summed E-state index contributed by atoms with van der Waals surface area (Å²) in [6, 6.07) is 8.69. The van der Waals surface area contributed by atoms with Crippen LogP contribution in [0.1, 0.15) is 15.4 Å². The molecule has 1 saturated heterocycles. The molecule has 1 N–H and O–H groups in total. The minimum absolute atomic E-state index is 0.253. The lowest BCUT2D eigenvalue weighted by molar-refractivity contribution is 0.276. The van der Waals surface area contributed by atoms with Crippen LogP contribution in [0.3, 0.4) is 0 Å². The molecule has 0 atom stereocenters. The van der Waals surface area contributed by atoms with Crippen LogP contribution < -0.4 is 5.32 Å². The molecule has 0 spiro atoms. The van der Waals surface area contributed by atoms with Crippen molar-refractivity contribution in [3.8, 4) is 0 Å². The van der Waals surface area contributed by atoms with Crippen molar-refractivity contribution in [1.29, 1.82) is 0 Å². The van der Waals surface area contributed by atoms with Crippen LogP contribution in [0.4, 0.5) is 0 Å². The lowest BCUT2D eigenvalue weighted by atomic mass is 9.72. The van der Waals surface area contributed by atoms with E-state index >= 15 is 0 Å². The van der Waals surface area contributed by atoms with Crippen molar-refractivity contribution in [3.63, 3.8) is 0 Å². The molecule has 18 heavy (non-hydrogen) atoms. The van der Waals surface area contributed by atoms with E-state index in [1.54, 1.807) is 0 Å². The predicted octanol–water partition coefficient (Wildman–Crippen LogP) is 3.30. The Morgan fingerprint density at radius 2 is 2.28 bits per heavy atom. The molecule has 0 amide bonds. The average Bonchev–Trinajstić information content (AvgIpc) is 2.69. The first-order valence-electron chi connectivity index (χ1n) is 6.06. The number of nitrogens with one attached hydrogen (secondary N) is 1. The van der Waals surface area contributed by atoms with Gasteiger partial charge in [-0.15, -0.1) is 11.3 Å². The van der Waals surface area contributed by atoms with Gasteiger partial charge in [-0.25, -0.2) is 4.98 Å². The molecule has 94 valence electrons. The first-order chi connectivity index (χ1) is 8.68. The zero-order chi connectivity index (χ0) is 12.6. The maximum absolute atomic E-state index is 4.36. The number of aromatic nitrogens is 1. The zero-order valence-corrected chi connectivity index (χ0v) is 12.6. The summed E-state index contributed by atoms with van der Waals surface area (Å²) < 4.78 is 1.16. The van der Waals surface area contributed by atoms with Gasteiger partial charge in [0.25, 0.3) is 0 Å². The minimum atomic E-state index is 0.253. The van der Waals surface area contributed by atoms with Crippen molar-refractivity contribution in [2.24, 2.45) is 0 Å². The van der Waals surface area contributed by atoms with E-state index in [2.05, 4.69) is 57.4 Å². The van der Waals surface area contributed by atoms with Crippen LogP contribution in [0.2, 0.25) is 0 Å². The summed E-state index contributed by atoms with van der Waals surface area (Å²) in [6.07, 6.45) is 3.11. The van der Waals surface area contributed by atoms with Crippen LogP contribution in [0.25, 0.3) is 0 Å². The third kappa shape index (κ3) is 2.25. The van der Waals surface area contributed by atoms with E-state index in [9.17, 15) is 0 Å². The average molecular weight is 323 g/mol. The second-order valence-corrected chi connectivity index (χ2v) is 7.15. The number of thiazole rings is 1. The molecule has 1 fully saturated rings. The van der Waals surface area contributed by atoms with Crippen molar-refractivity contribution < 1.29 is 0 Å². The maximum atomic E-state index is 4.36. The van der Waals surface area contributed by atoms with Crippen LogP contribution in [-0.2, 0) is 11.8 Å². The third-order valence-corrected chi connectivity index (χ3v) is 4.95. The van der Waals surface area contributed by atoms with E-state index in [0.29, 0.717) is 0 Å². The Balaban J connectivity index is 1.90. The van der Waals surface area contributed by atoms with Crippen LogP contribution in [0.5, 0.6) is 0 Å². The Hall–Kier alpha value is -0.710. The summed E-state index contributed by atoms with van der Waals surface area (Å²) in [5, 5.41) is 4.57. The Bertz CT molecular complexity index is 560. The highest BCUT2D eigenvalue weighted by Gasteiger charge is 2.39. The number of aryl methyl sites for hydroxylation is 1. The monoisotopic (exact) mass is 322 g/mol. The van der Waals surface area contributed by atoms with Crippen LogP contribution >= 0.6 is 27.3 Å². The molecule has 1 aliphatic rings. The smallest absolute Gasteiger partial charge is 0.0896 e. The quantitative estimate of drug-likeness (QED) is 0.937. The highest BCUT2D eigenvalue weighted by Crippen LogP contribution is 2.35. The molecule has 4 heteroatoms. The SMILES string of the molecule is Cc1ncc(CC2(c3cccc(Br)c3)CNC2)s1. The fourth-order valence-electron chi connectivity index (χ4n) is 2.50. The molecule has 0 bridgehead atoms. The Kier molecular flexibility index (Phi) is 3.26. The molecule has 0 aliphatic carbocycles. The molecule has 3 rings (SSSR count). The molecule has 0 saturated carbocycles. The van der Waals surface area contributed by atoms with Crippen LogP contribution in [-0.4, -0.2) is 18.1 Å². The van der Waals surface area contributed by atoms with E-state index in [-0.39, 0.29) is 5.41 Å². The van der Waals surface area contributed by atoms with Gasteiger partial charge >= 0.3 is 0 Å². The van der Waals surface area contributed by atoms with E-state index < -0.39 is 0 Å². The summed E-state index contributed by atoms with van der Waals surface area (Å²) in [5.41, 5.74) is 1.67. The van der Waals surface area contributed by atoms with Gasteiger partial charge in [0.1, 0.15) is 0 Å². The number of benzene rings is 1. The van der Waals surface area contributed by atoms with Crippen LogP contribution in [0, 0.1) is 6.92 Å². The van der Waals surface area contributed by atoms with Crippen molar-refractivity contribution in [3.05, 3.63) is 50.4 Å². The van der Waals surface area contributed by atoms with E-state index in [0.717, 1.165) is 29.0 Å². The summed E-state index contributed by atoms with van der Waals surface area (Å²) in [7, 11) is 0. The summed E-state index contributed by atoms with van der Waals surface area (Å²) in [6.45, 7) is 4.18. The van der Waals surface area contributed by atoms with Gasteiger partial charge in [0.05, 0.1) is 5.01 Å². The molecule has 2 aromatic rings. The molecule has 2 nitrogen and oxygen atoms in total. The molecule has 1 aromatic carbocycles. The summed E-state index contributed by atoms with van der Waals surface area (Å²) >= 11 is 5.38. The van der Waals surface area contributed by atoms with Crippen molar-refractivity contribution in [2.45, 2.75) is 18.8 Å². The lowest BCUT2D eigenvalue weighted by Gasteiger charge is -2.43. The number of hydrogen-bond donors (Lipinski definition) is 1. The van der Waals surface area contributed by atoms with Gasteiger partial charge in [-0.3, -0.25) is 0 Å². The lowest BCUT2D eigenvalue weighted by Crippen LogP contribution is -2.58. The summed E-state index contributed by atoms with van der Waals surface area (Å²) in [5.74, 6) is 0. The molecule has 0 unspecified atom stereocenters. The van der Waals surface area contributed by atoms with Gasteiger partial charge < -0.3 is 5.32 Å². The maximum Gasteiger partial charge on any atom is 0.0896 e. The van der Waals surface area contributed by atoms with Crippen molar-refractivity contribution in [1.82, 2.24) is 10.3 Å². The van der Waals surface area contributed by atoms with E-state index in [4.69, 9.17) is 0 Å². The van der Waals surface area contributed by atoms with Crippen molar-refractivity contribution >= 4 is 27.3 Å². The van der Waals surface area contributed by atoms with E-state index in [1.165, 1.54) is 10.4 Å². The molecular weight excluding hydrogens is 308 g/mol. The largest absolute Gasteiger partial charge is 0.315 e. The molecule has 0 radical (unpaired) electrons. The van der Waals surface area contributed by atoms with Gasteiger partial charge in [0.15, 0.2) is 0 Å². The van der Waals surface area contributed by atoms with Crippen LogP contribution in [0.15, 0.2) is 34.9 Å². The Morgan fingerprint density at radius 3 is 2.83 bits per heavy atom. The number of hydrogen-bond acceptors (Lipinski definition) is 3. The molecule has 1 aliphatic heterocycles. The van der Waals surface area contributed by atoms with E-state index in [1.807, 2.05) is 17.5 Å². The number of rotatable bonds is 3. The molecular formula is C14H15BrN2S. The highest BCUT2D eigenvalue weighted by molar-refractivity contribution is 9.10. The van der Waals surface area contributed by atoms with Gasteiger partial charge in [-0.2, -0.15) is 0 Å². The fourth-order valence-corrected chi connectivity index (χ4v) is 3.83. The second-order valence-electron chi connectivity index (χ2n) is 4.92. The first kappa shape index (κ1) is 12.3. The normalized spacial score (nSPS) is 17.4. The van der Waals surface area contributed by atoms with Gasteiger partial charge in [-0.05, 0) is 31.0 Å². The Labute approximate surface area is 120 Å². The number of halogens is 1. The summed E-state index contributed by atoms with van der Waals surface area (Å²) in [4.78, 5) is 5.74. The minimum Gasteiger partial charge on any atom is -0.315 e. The van der Waals surface area contributed by atoms with Gasteiger partial charge in [0.2, 0.25) is 0 Å². The Morgan fingerprint density at radius 1 is 1.44 bits per heavy atom. The zero-order valence-electron chi connectivity index (χ0n) is 10.2. The third-order valence-electron chi connectivity index (χ3n) is 3.55. The highest BCUT2D eigenvalue weighted by atomic mass is 79.9. The topological polar surface area (TPSA) is 24.9 Å². The van der Waals surface area contributed by atoms with Gasteiger partial charge in [0, 0.05) is 34.1 Å². The molecule has 2 heterocycles. The van der Waals surface area contributed by atoms with Crippen molar-refractivity contribution in [2.75, 3.05) is 13.1 Å².